The molecule has 3 nitrogen and oxygen atoms in total. The maximum absolute atomic E-state index is 11.3. The number of benzene rings is 1. The van der Waals surface area contributed by atoms with E-state index in [9.17, 15) is 9.90 Å². The third-order valence-electron chi connectivity index (χ3n) is 2.58. The summed E-state index contributed by atoms with van der Waals surface area (Å²) >= 11 is 0. The number of hydrogen-bond donors (Lipinski definition) is 1. The number of carbonyl (C=O) groups is 1. The van der Waals surface area contributed by atoms with Crippen LogP contribution in [0.2, 0.25) is 0 Å². The highest BCUT2D eigenvalue weighted by Crippen LogP contribution is 2.19. The Bertz CT molecular complexity index is 588. The number of aromatic nitrogens is 1. The minimum absolute atomic E-state index is 0.282. The first-order valence-electron chi connectivity index (χ1n) is 5.59. The van der Waals surface area contributed by atoms with Gasteiger partial charge in [-0.15, -0.1) is 0 Å². The van der Waals surface area contributed by atoms with Crippen LogP contribution in [-0.4, -0.2) is 16.1 Å². The number of aliphatic carboxylic acids is 1. The summed E-state index contributed by atoms with van der Waals surface area (Å²) in [7, 11) is 0. The van der Waals surface area contributed by atoms with Crippen LogP contribution < -0.4 is 0 Å². The first-order chi connectivity index (χ1) is 8.66. The molecule has 1 heterocycles. The highest BCUT2D eigenvalue weighted by atomic mass is 16.4. The van der Waals surface area contributed by atoms with Crippen LogP contribution >= 0.6 is 0 Å². The molecule has 90 valence electrons. The second kappa shape index (κ2) is 5.27. The lowest BCUT2D eigenvalue weighted by Crippen LogP contribution is -1.99. The number of carboxylic acid groups (broad SMARTS) is 1. The van der Waals surface area contributed by atoms with Crippen LogP contribution in [0.25, 0.3) is 11.6 Å². The average Bonchev–Trinajstić information content (AvgIpc) is 2.37. The topological polar surface area (TPSA) is 50.2 Å². The highest BCUT2D eigenvalue weighted by Gasteiger charge is 2.10. The third-order valence-corrected chi connectivity index (χ3v) is 2.58. The molecule has 18 heavy (non-hydrogen) atoms. The molecule has 1 N–H and O–H groups in total. The number of carboxylic acids is 1. The summed E-state index contributed by atoms with van der Waals surface area (Å²) in [5.41, 5.74) is 2.85. The van der Waals surface area contributed by atoms with Gasteiger partial charge >= 0.3 is 5.97 Å². The molecule has 0 atom stereocenters. The molecule has 0 aliphatic heterocycles. The standard InChI is InChI=1S/C15H13NO2/c1-11-3-2-4-13(9-11)14(15(17)18)10-12-5-7-16-8-6-12/h2-10H,1H3,(H,17,18)/b14-10+. The molecule has 2 aromatic rings. The van der Waals surface area contributed by atoms with Crippen LogP contribution in [0.3, 0.4) is 0 Å². The van der Waals surface area contributed by atoms with Gasteiger partial charge in [0, 0.05) is 12.4 Å². The lowest BCUT2D eigenvalue weighted by Gasteiger charge is -2.04. The van der Waals surface area contributed by atoms with Crippen molar-refractivity contribution in [2.24, 2.45) is 0 Å². The normalized spacial score (nSPS) is 11.3. The van der Waals surface area contributed by atoms with Crippen molar-refractivity contribution in [3.63, 3.8) is 0 Å². The monoisotopic (exact) mass is 239 g/mol. The predicted molar refractivity (Wildman–Crippen MR) is 70.9 cm³/mol. The molecule has 0 aliphatic rings. The zero-order valence-corrected chi connectivity index (χ0v) is 10.00. The molecule has 0 spiro atoms. The zero-order valence-electron chi connectivity index (χ0n) is 10.00. The van der Waals surface area contributed by atoms with E-state index in [0.717, 1.165) is 11.1 Å². The van der Waals surface area contributed by atoms with Gasteiger partial charge in [-0.25, -0.2) is 4.79 Å². The zero-order chi connectivity index (χ0) is 13.0. The molecule has 1 aromatic carbocycles. The van der Waals surface area contributed by atoms with Crippen molar-refractivity contribution in [1.29, 1.82) is 0 Å². The van der Waals surface area contributed by atoms with Gasteiger partial charge in [0.1, 0.15) is 0 Å². The van der Waals surface area contributed by atoms with Crippen LogP contribution in [0.5, 0.6) is 0 Å². The summed E-state index contributed by atoms with van der Waals surface area (Å²) in [5.74, 6) is -0.933. The summed E-state index contributed by atoms with van der Waals surface area (Å²) in [6.45, 7) is 1.94. The van der Waals surface area contributed by atoms with Gasteiger partial charge in [-0.2, -0.15) is 0 Å². The summed E-state index contributed by atoms with van der Waals surface area (Å²) < 4.78 is 0. The van der Waals surface area contributed by atoms with Crippen LogP contribution in [0.4, 0.5) is 0 Å². The maximum atomic E-state index is 11.3. The average molecular weight is 239 g/mol. The lowest BCUT2D eigenvalue weighted by atomic mass is 10.0. The van der Waals surface area contributed by atoms with Crippen LogP contribution in [0.15, 0.2) is 48.8 Å². The molecular formula is C15H13NO2. The number of hydrogen-bond acceptors (Lipinski definition) is 2. The Labute approximate surface area is 105 Å². The van der Waals surface area contributed by atoms with E-state index in [1.807, 2.05) is 25.1 Å². The van der Waals surface area contributed by atoms with E-state index in [4.69, 9.17) is 0 Å². The fourth-order valence-electron chi connectivity index (χ4n) is 1.71. The molecule has 0 radical (unpaired) electrons. The number of aryl methyl sites for hydroxylation is 1. The fourth-order valence-corrected chi connectivity index (χ4v) is 1.71. The van der Waals surface area contributed by atoms with Crippen molar-refractivity contribution in [3.05, 3.63) is 65.5 Å². The Balaban J connectivity index is 2.47. The van der Waals surface area contributed by atoms with Crippen molar-refractivity contribution in [2.45, 2.75) is 6.92 Å². The quantitative estimate of drug-likeness (QED) is 0.837. The number of rotatable bonds is 3. The van der Waals surface area contributed by atoms with Gasteiger partial charge in [-0.3, -0.25) is 4.98 Å². The molecule has 0 bridgehead atoms. The molecule has 2 rings (SSSR count). The summed E-state index contributed by atoms with van der Waals surface area (Å²) in [5, 5.41) is 9.29. The largest absolute Gasteiger partial charge is 0.478 e. The summed E-state index contributed by atoms with van der Waals surface area (Å²) in [6, 6.07) is 11.0. The predicted octanol–water partition coefficient (Wildman–Crippen LogP) is 3.02. The Hall–Kier alpha value is -2.42. The van der Waals surface area contributed by atoms with Gasteiger partial charge in [-0.1, -0.05) is 29.8 Å². The highest BCUT2D eigenvalue weighted by molar-refractivity contribution is 6.20. The van der Waals surface area contributed by atoms with E-state index in [2.05, 4.69) is 4.98 Å². The Morgan fingerprint density at radius 3 is 2.56 bits per heavy atom. The van der Waals surface area contributed by atoms with Gasteiger partial charge in [0.25, 0.3) is 0 Å². The SMILES string of the molecule is Cc1cccc(/C(=C\c2ccncc2)C(=O)O)c1. The minimum atomic E-state index is -0.933. The van der Waals surface area contributed by atoms with Gasteiger partial charge in [0.2, 0.25) is 0 Å². The van der Waals surface area contributed by atoms with Crippen molar-refractivity contribution < 1.29 is 9.90 Å². The van der Waals surface area contributed by atoms with E-state index in [1.54, 1.807) is 36.7 Å². The van der Waals surface area contributed by atoms with Gasteiger partial charge in [-0.05, 0) is 36.3 Å². The second-order valence-electron chi connectivity index (χ2n) is 4.01. The van der Waals surface area contributed by atoms with Crippen molar-refractivity contribution in [3.8, 4) is 0 Å². The fraction of sp³-hybridized carbons (Fsp3) is 0.0667. The second-order valence-corrected chi connectivity index (χ2v) is 4.01. The molecule has 0 fully saturated rings. The van der Waals surface area contributed by atoms with Crippen molar-refractivity contribution >= 4 is 17.6 Å². The van der Waals surface area contributed by atoms with E-state index >= 15 is 0 Å². The maximum Gasteiger partial charge on any atom is 0.336 e. The van der Waals surface area contributed by atoms with Gasteiger partial charge in [0.05, 0.1) is 5.57 Å². The van der Waals surface area contributed by atoms with Crippen LogP contribution in [-0.2, 0) is 4.79 Å². The molecule has 0 unspecified atom stereocenters. The third kappa shape index (κ3) is 2.83. The Kier molecular flexibility index (Phi) is 3.53. The number of pyridine rings is 1. The molecule has 0 amide bonds. The van der Waals surface area contributed by atoms with E-state index < -0.39 is 5.97 Å². The van der Waals surface area contributed by atoms with E-state index in [0.29, 0.717) is 5.56 Å². The molecular weight excluding hydrogens is 226 g/mol. The number of nitrogens with zero attached hydrogens (tertiary/aromatic N) is 1. The molecule has 0 saturated carbocycles. The van der Waals surface area contributed by atoms with Crippen molar-refractivity contribution in [2.75, 3.05) is 0 Å². The minimum Gasteiger partial charge on any atom is -0.478 e. The molecule has 0 aliphatic carbocycles. The first-order valence-corrected chi connectivity index (χ1v) is 5.59. The summed E-state index contributed by atoms with van der Waals surface area (Å²) in [6.07, 6.45) is 4.93. The van der Waals surface area contributed by atoms with Gasteiger partial charge in [0.15, 0.2) is 0 Å². The van der Waals surface area contributed by atoms with Gasteiger partial charge < -0.3 is 5.11 Å². The van der Waals surface area contributed by atoms with Crippen molar-refractivity contribution in [1.82, 2.24) is 4.98 Å². The lowest BCUT2D eigenvalue weighted by molar-refractivity contribution is -0.130. The first kappa shape index (κ1) is 12.0. The van der Waals surface area contributed by atoms with E-state index in [-0.39, 0.29) is 5.57 Å². The molecule has 1 aromatic heterocycles. The Morgan fingerprint density at radius 2 is 1.94 bits per heavy atom. The van der Waals surface area contributed by atoms with Crippen LogP contribution in [0, 0.1) is 6.92 Å². The molecule has 3 heteroatoms. The smallest absolute Gasteiger partial charge is 0.336 e. The van der Waals surface area contributed by atoms with Crippen LogP contribution in [0.1, 0.15) is 16.7 Å². The van der Waals surface area contributed by atoms with E-state index in [1.165, 1.54) is 0 Å². The Morgan fingerprint density at radius 1 is 1.22 bits per heavy atom. The molecule has 0 saturated heterocycles. The summed E-state index contributed by atoms with van der Waals surface area (Å²) in [4.78, 5) is 15.2.